The van der Waals surface area contributed by atoms with Crippen LogP contribution in [0.5, 0.6) is 0 Å². The summed E-state index contributed by atoms with van der Waals surface area (Å²) in [6.45, 7) is 0.412. The molecule has 0 amide bonds. The van der Waals surface area contributed by atoms with Gasteiger partial charge in [-0.2, -0.15) is 0 Å². The van der Waals surface area contributed by atoms with Crippen molar-refractivity contribution >= 4 is 36.9 Å². The average molecular weight is 317 g/mol. The van der Waals surface area contributed by atoms with Crippen molar-refractivity contribution in [2.45, 2.75) is 6.42 Å². The fourth-order valence-electron chi connectivity index (χ4n) is 1.72. The highest BCUT2D eigenvalue weighted by atomic mass is 79.9. The number of rotatable bonds is 5. The Morgan fingerprint density at radius 3 is 2.82 bits per heavy atom. The number of alkyl halides is 1. The van der Waals surface area contributed by atoms with Crippen molar-refractivity contribution in [3.63, 3.8) is 0 Å². The Hall–Kier alpha value is -0.850. The molecular weight excluding hydrogens is 304 g/mol. The molecule has 6 heteroatoms. The van der Waals surface area contributed by atoms with E-state index in [0.29, 0.717) is 13.0 Å². The summed E-state index contributed by atoms with van der Waals surface area (Å²) in [5.74, 6) is 0. The molecular formula is C11H13BrN2O2S. The highest BCUT2D eigenvalue weighted by molar-refractivity contribution is 9.10. The normalized spacial score (nSPS) is 12.1. The van der Waals surface area contributed by atoms with Gasteiger partial charge in [-0.15, -0.1) is 0 Å². The lowest BCUT2D eigenvalue weighted by Crippen LogP contribution is -2.26. The van der Waals surface area contributed by atoms with Crippen molar-refractivity contribution in [3.05, 3.63) is 36.0 Å². The predicted octanol–water partition coefficient (Wildman–Crippen LogP) is 1.98. The minimum Gasteiger partial charge on any atom is -0.361 e. The van der Waals surface area contributed by atoms with Crippen LogP contribution in [0.4, 0.5) is 0 Å². The molecule has 0 bridgehead atoms. The largest absolute Gasteiger partial charge is 0.361 e. The summed E-state index contributed by atoms with van der Waals surface area (Å²) < 4.78 is 24.9. The summed E-state index contributed by atoms with van der Waals surface area (Å²) >= 11 is 2.93. The minimum atomic E-state index is -3.17. The lowest BCUT2D eigenvalue weighted by Gasteiger charge is -2.02. The fraction of sp³-hybridized carbons (Fsp3) is 0.273. The lowest BCUT2D eigenvalue weighted by molar-refractivity contribution is 0.587. The van der Waals surface area contributed by atoms with Crippen LogP contribution in [0.15, 0.2) is 30.5 Å². The number of benzene rings is 1. The van der Waals surface area contributed by atoms with Crippen LogP contribution in [0.25, 0.3) is 10.9 Å². The third kappa shape index (κ3) is 3.08. The van der Waals surface area contributed by atoms with Gasteiger partial charge < -0.3 is 4.98 Å². The number of hydrogen-bond donors (Lipinski definition) is 2. The molecule has 0 aliphatic carbocycles. The molecule has 0 atom stereocenters. The fourth-order valence-corrected chi connectivity index (χ4v) is 2.69. The Labute approximate surface area is 109 Å². The van der Waals surface area contributed by atoms with Gasteiger partial charge in [-0.1, -0.05) is 34.1 Å². The van der Waals surface area contributed by atoms with Gasteiger partial charge in [0, 0.05) is 23.6 Å². The second kappa shape index (κ2) is 5.20. The van der Waals surface area contributed by atoms with Crippen molar-refractivity contribution in [3.8, 4) is 0 Å². The number of fused-ring (bicyclic) bond motifs is 1. The van der Waals surface area contributed by atoms with E-state index >= 15 is 0 Å². The zero-order chi connectivity index (χ0) is 12.3. The number of nitrogens with one attached hydrogen (secondary N) is 2. The van der Waals surface area contributed by atoms with Gasteiger partial charge >= 0.3 is 0 Å². The van der Waals surface area contributed by atoms with E-state index in [-0.39, 0.29) is 4.66 Å². The Morgan fingerprint density at radius 2 is 2.06 bits per heavy atom. The number of para-hydroxylation sites is 1. The van der Waals surface area contributed by atoms with Crippen molar-refractivity contribution in [2.24, 2.45) is 0 Å². The van der Waals surface area contributed by atoms with E-state index in [0.717, 1.165) is 16.5 Å². The molecule has 2 N–H and O–H groups in total. The van der Waals surface area contributed by atoms with Crippen LogP contribution in [0.1, 0.15) is 5.56 Å². The molecule has 0 saturated heterocycles. The van der Waals surface area contributed by atoms with Crippen LogP contribution in [-0.2, 0) is 16.4 Å². The van der Waals surface area contributed by atoms with Crippen LogP contribution in [0.3, 0.4) is 0 Å². The molecule has 1 heterocycles. The molecule has 92 valence electrons. The first kappa shape index (κ1) is 12.6. The van der Waals surface area contributed by atoms with Gasteiger partial charge in [0.1, 0.15) is 4.66 Å². The second-order valence-electron chi connectivity index (χ2n) is 3.73. The second-order valence-corrected chi connectivity index (χ2v) is 6.84. The van der Waals surface area contributed by atoms with Gasteiger partial charge in [-0.25, -0.2) is 13.1 Å². The molecule has 0 radical (unpaired) electrons. The first-order valence-corrected chi connectivity index (χ1v) is 7.98. The standard InChI is InChI=1S/C11H13BrN2O2S/c12-8-17(15,16)14-6-5-9-7-13-11-4-2-1-3-10(9)11/h1-4,7,13-14H,5-6,8H2. The van der Waals surface area contributed by atoms with Gasteiger partial charge in [-0.05, 0) is 18.1 Å². The Morgan fingerprint density at radius 1 is 1.29 bits per heavy atom. The highest BCUT2D eigenvalue weighted by Gasteiger charge is 2.07. The van der Waals surface area contributed by atoms with E-state index in [4.69, 9.17) is 0 Å². The summed E-state index contributed by atoms with van der Waals surface area (Å²) in [7, 11) is -3.17. The highest BCUT2D eigenvalue weighted by Crippen LogP contribution is 2.17. The maximum Gasteiger partial charge on any atom is 0.221 e. The minimum absolute atomic E-state index is 0.0616. The molecule has 0 fully saturated rings. The van der Waals surface area contributed by atoms with Gasteiger partial charge in [0.05, 0.1) is 0 Å². The molecule has 0 unspecified atom stereocenters. The molecule has 1 aromatic heterocycles. The third-order valence-electron chi connectivity index (χ3n) is 2.53. The average Bonchev–Trinajstić information content (AvgIpc) is 2.73. The summed E-state index contributed by atoms with van der Waals surface area (Å²) in [6, 6.07) is 7.97. The number of sulfonamides is 1. The van der Waals surface area contributed by atoms with Crippen molar-refractivity contribution in [1.82, 2.24) is 9.71 Å². The number of aromatic amines is 1. The third-order valence-corrected chi connectivity index (χ3v) is 5.27. The lowest BCUT2D eigenvalue weighted by atomic mass is 10.1. The van der Waals surface area contributed by atoms with Crippen LogP contribution >= 0.6 is 15.9 Å². The molecule has 17 heavy (non-hydrogen) atoms. The van der Waals surface area contributed by atoms with E-state index in [1.54, 1.807) is 0 Å². The smallest absolute Gasteiger partial charge is 0.221 e. The van der Waals surface area contributed by atoms with Crippen molar-refractivity contribution < 1.29 is 8.42 Å². The Kier molecular flexibility index (Phi) is 3.86. The van der Waals surface area contributed by atoms with Gasteiger partial charge in [0.25, 0.3) is 0 Å². The van der Waals surface area contributed by atoms with Crippen molar-refractivity contribution in [2.75, 3.05) is 11.2 Å². The number of aromatic nitrogens is 1. The summed E-state index contributed by atoms with van der Waals surface area (Å²) in [5, 5.41) is 1.14. The molecule has 0 spiro atoms. The molecule has 2 aromatic rings. The SMILES string of the molecule is O=S(=O)(CBr)NCCc1c[nH]c2ccccc12. The summed E-state index contributed by atoms with van der Waals surface area (Å²) in [4.78, 5) is 3.16. The van der Waals surface area contributed by atoms with E-state index in [1.807, 2.05) is 30.5 Å². The van der Waals surface area contributed by atoms with Crippen LogP contribution < -0.4 is 4.72 Å². The first-order chi connectivity index (χ1) is 8.12. The van der Waals surface area contributed by atoms with Crippen molar-refractivity contribution in [1.29, 1.82) is 0 Å². The number of hydrogen-bond acceptors (Lipinski definition) is 2. The molecule has 4 nitrogen and oxygen atoms in total. The number of halogens is 1. The zero-order valence-electron chi connectivity index (χ0n) is 9.11. The van der Waals surface area contributed by atoms with Gasteiger partial charge in [-0.3, -0.25) is 0 Å². The van der Waals surface area contributed by atoms with E-state index in [2.05, 4.69) is 25.6 Å². The summed E-state index contributed by atoms with van der Waals surface area (Å²) in [6.07, 6.45) is 2.60. The Bertz CT molecular complexity index is 607. The van der Waals surface area contributed by atoms with E-state index in [1.165, 1.54) is 0 Å². The Balaban J connectivity index is 2.05. The quantitative estimate of drug-likeness (QED) is 0.829. The predicted molar refractivity (Wildman–Crippen MR) is 72.7 cm³/mol. The van der Waals surface area contributed by atoms with Crippen LogP contribution in [-0.4, -0.2) is 24.6 Å². The van der Waals surface area contributed by atoms with E-state index in [9.17, 15) is 8.42 Å². The topological polar surface area (TPSA) is 62.0 Å². The number of H-pyrrole nitrogens is 1. The monoisotopic (exact) mass is 316 g/mol. The molecule has 0 saturated carbocycles. The summed E-state index contributed by atoms with van der Waals surface area (Å²) in [5.41, 5.74) is 2.20. The molecule has 0 aliphatic rings. The van der Waals surface area contributed by atoms with E-state index < -0.39 is 10.0 Å². The molecule has 1 aromatic carbocycles. The van der Waals surface area contributed by atoms with Gasteiger partial charge in [0.2, 0.25) is 10.0 Å². The molecule has 2 rings (SSSR count). The zero-order valence-corrected chi connectivity index (χ0v) is 11.5. The maximum atomic E-state index is 11.2. The van der Waals surface area contributed by atoms with Gasteiger partial charge in [0.15, 0.2) is 0 Å². The molecule has 0 aliphatic heterocycles. The van der Waals surface area contributed by atoms with Crippen LogP contribution in [0, 0.1) is 0 Å². The first-order valence-electron chi connectivity index (χ1n) is 5.21. The maximum absolute atomic E-state index is 11.2. The van der Waals surface area contributed by atoms with Crippen LogP contribution in [0.2, 0.25) is 0 Å².